The average Bonchev–Trinajstić information content (AvgIpc) is 2.64. The molecule has 0 fully saturated rings. The minimum atomic E-state index is -0.406. The molecular weight excluding hydrogens is 312 g/mol. The Bertz CT molecular complexity index is 642. The highest BCUT2D eigenvalue weighted by Gasteiger charge is 2.27. The lowest BCUT2D eigenvalue weighted by molar-refractivity contribution is -0.139. The van der Waals surface area contributed by atoms with Crippen LogP contribution < -0.4 is 0 Å². The van der Waals surface area contributed by atoms with E-state index in [0.29, 0.717) is 13.1 Å². The summed E-state index contributed by atoms with van der Waals surface area (Å²) in [5.74, 6) is -0.504. The van der Waals surface area contributed by atoms with Crippen molar-refractivity contribution in [1.82, 2.24) is 9.80 Å². The number of hydrogen-bond acceptors (Lipinski definition) is 2. The zero-order valence-corrected chi connectivity index (χ0v) is 15.2. The van der Waals surface area contributed by atoms with E-state index >= 15 is 0 Å². The maximum absolute atomic E-state index is 13.1. The Labute approximate surface area is 150 Å². The van der Waals surface area contributed by atoms with Crippen molar-refractivity contribution in [3.8, 4) is 0 Å². The second kappa shape index (κ2) is 9.02. The first-order chi connectivity index (χ1) is 12.1. The van der Waals surface area contributed by atoms with Crippen LogP contribution in [-0.4, -0.2) is 48.3 Å². The number of benzene rings is 2. The number of carbonyl (C=O) groups excluding carboxylic acids is 2. The molecule has 0 saturated carbocycles. The van der Waals surface area contributed by atoms with Gasteiger partial charge < -0.3 is 9.80 Å². The van der Waals surface area contributed by atoms with Crippen LogP contribution in [0.25, 0.3) is 0 Å². The molecule has 2 rings (SSSR count). The fourth-order valence-electron chi connectivity index (χ4n) is 2.95. The molecule has 25 heavy (non-hydrogen) atoms. The van der Waals surface area contributed by atoms with Crippen LogP contribution in [-0.2, 0) is 9.59 Å². The van der Waals surface area contributed by atoms with Gasteiger partial charge in [-0.2, -0.15) is 0 Å². The van der Waals surface area contributed by atoms with E-state index in [4.69, 9.17) is 0 Å². The maximum atomic E-state index is 13.1. The second-order valence-corrected chi connectivity index (χ2v) is 6.01. The molecule has 0 spiro atoms. The van der Waals surface area contributed by atoms with Crippen LogP contribution in [0.4, 0.5) is 0 Å². The molecule has 0 aliphatic carbocycles. The van der Waals surface area contributed by atoms with Crippen LogP contribution in [0.5, 0.6) is 0 Å². The van der Waals surface area contributed by atoms with Gasteiger partial charge in [-0.3, -0.25) is 9.59 Å². The average molecular weight is 338 g/mol. The van der Waals surface area contributed by atoms with E-state index in [2.05, 4.69) is 0 Å². The number of rotatable bonds is 7. The fraction of sp³-hybridized carbons (Fsp3) is 0.333. The Balaban J connectivity index is 2.25. The molecule has 132 valence electrons. The third-order valence-electron chi connectivity index (χ3n) is 4.38. The number of nitrogens with zero attached hydrogens (tertiary/aromatic N) is 2. The van der Waals surface area contributed by atoms with Gasteiger partial charge in [-0.05, 0) is 25.0 Å². The molecule has 0 aliphatic heterocycles. The molecule has 2 amide bonds. The Morgan fingerprint density at radius 1 is 0.840 bits per heavy atom. The summed E-state index contributed by atoms with van der Waals surface area (Å²) in [5, 5.41) is 0. The zero-order chi connectivity index (χ0) is 18.2. The maximum Gasteiger partial charge on any atom is 0.242 e. The minimum absolute atomic E-state index is 0.0271. The van der Waals surface area contributed by atoms with Gasteiger partial charge in [0.25, 0.3) is 0 Å². The first-order valence-corrected chi connectivity index (χ1v) is 8.71. The van der Waals surface area contributed by atoms with Crippen molar-refractivity contribution in [3.63, 3.8) is 0 Å². The molecule has 0 saturated heterocycles. The fourth-order valence-corrected chi connectivity index (χ4v) is 2.95. The van der Waals surface area contributed by atoms with Gasteiger partial charge in [0.1, 0.15) is 0 Å². The van der Waals surface area contributed by atoms with Crippen LogP contribution >= 0.6 is 0 Å². The van der Waals surface area contributed by atoms with E-state index in [0.717, 1.165) is 11.1 Å². The van der Waals surface area contributed by atoms with Gasteiger partial charge in [-0.15, -0.1) is 0 Å². The minimum Gasteiger partial charge on any atom is -0.342 e. The first kappa shape index (κ1) is 18.7. The van der Waals surface area contributed by atoms with Gasteiger partial charge in [0.15, 0.2) is 0 Å². The molecule has 0 bridgehead atoms. The number of carbonyl (C=O) groups is 2. The van der Waals surface area contributed by atoms with Gasteiger partial charge >= 0.3 is 0 Å². The van der Waals surface area contributed by atoms with Crippen molar-refractivity contribution in [2.75, 3.05) is 26.7 Å². The summed E-state index contributed by atoms with van der Waals surface area (Å²) in [4.78, 5) is 28.8. The van der Waals surface area contributed by atoms with E-state index < -0.39 is 5.92 Å². The monoisotopic (exact) mass is 338 g/mol. The van der Waals surface area contributed by atoms with Crippen molar-refractivity contribution in [1.29, 1.82) is 0 Å². The van der Waals surface area contributed by atoms with E-state index in [9.17, 15) is 9.59 Å². The topological polar surface area (TPSA) is 40.6 Å². The van der Waals surface area contributed by atoms with Gasteiger partial charge in [-0.25, -0.2) is 0 Å². The third kappa shape index (κ3) is 4.69. The molecular formula is C21H26N2O2. The molecule has 4 heteroatoms. The lowest BCUT2D eigenvalue weighted by Crippen LogP contribution is -2.42. The Hall–Kier alpha value is -2.62. The largest absolute Gasteiger partial charge is 0.342 e. The summed E-state index contributed by atoms with van der Waals surface area (Å²) >= 11 is 0. The van der Waals surface area contributed by atoms with E-state index in [1.165, 1.54) is 4.90 Å². The van der Waals surface area contributed by atoms with Crippen molar-refractivity contribution in [2.24, 2.45) is 0 Å². The van der Waals surface area contributed by atoms with Gasteiger partial charge in [0.05, 0.1) is 12.5 Å². The molecule has 2 aromatic rings. The predicted molar refractivity (Wildman–Crippen MR) is 100 cm³/mol. The highest BCUT2D eigenvalue weighted by molar-refractivity contribution is 5.90. The summed E-state index contributed by atoms with van der Waals surface area (Å²) in [6.07, 6.45) is 0. The van der Waals surface area contributed by atoms with Crippen LogP contribution in [0.15, 0.2) is 60.7 Å². The molecule has 0 aliphatic rings. The molecule has 0 aromatic heterocycles. The van der Waals surface area contributed by atoms with E-state index in [-0.39, 0.29) is 18.4 Å². The van der Waals surface area contributed by atoms with Crippen LogP contribution in [0.2, 0.25) is 0 Å². The highest BCUT2D eigenvalue weighted by Crippen LogP contribution is 2.26. The molecule has 0 radical (unpaired) electrons. The lowest BCUT2D eigenvalue weighted by Gasteiger charge is -2.27. The molecule has 0 heterocycles. The van der Waals surface area contributed by atoms with Crippen molar-refractivity contribution < 1.29 is 9.59 Å². The molecule has 0 N–H and O–H groups in total. The summed E-state index contributed by atoms with van der Waals surface area (Å²) in [7, 11) is 1.70. The number of hydrogen-bond donors (Lipinski definition) is 0. The van der Waals surface area contributed by atoms with Gasteiger partial charge in [-0.1, -0.05) is 60.7 Å². The third-order valence-corrected chi connectivity index (χ3v) is 4.38. The van der Waals surface area contributed by atoms with E-state index in [1.54, 1.807) is 11.9 Å². The lowest BCUT2D eigenvalue weighted by atomic mass is 9.90. The molecule has 0 atom stereocenters. The summed E-state index contributed by atoms with van der Waals surface area (Å²) < 4.78 is 0. The first-order valence-electron chi connectivity index (χ1n) is 8.71. The zero-order valence-electron chi connectivity index (χ0n) is 15.2. The summed E-state index contributed by atoms with van der Waals surface area (Å²) in [6, 6.07) is 19.4. The normalized spacial score (nSPS) is 10.6. The molecule has 0 unspecified atom stereocenters. The summed E-state index contributed by atoms with van der Waals surface area (Å²) in [6.45, 7) is 5.28. The van der Waals surface area contributed by atoms with Crippen LogP contribution in [0, 0.1) is 0 Å². The van der Waals surface area contributed by atoms with Gasteiger partial charge in [0.2, 0.25) is 11.8 Å². The number of amides is 2. The Kier molecular flexibility index (Phi) is 6.75. The van der Waals surface area contributed by atoms with E-state index in [1.807, 2.05) is 74.5 Å². The van der Waals surface area contributed by atoms with Crippen molar-refractivity contribution >= 4 is 11.8 Å². The summed E-state index contributed by atoms with van der Waals surface area (Å²) in [5.41, 5.74) is 1.86. The second-order valence-electron chi connectivity index (χ2n) is 6.01. The Morgan fingerprint density at radius 2 is 1.28 bits per heavy atom. The van der Waals surface area contributed by atoms with Gasteiger partial charge in [0, 0.05) is 20.1 Å². The number of likely N-dealkylation sites (N-methyl/N-ethyl adjacent to an activating group) is 2. The van der Waals surface area contributed by atoms with Crippen molar-refractivity contribution in [2.45, 2.75) is 19.8 Å². The molecule has 4 nitrogen and oxygen atoms in total. The van der Waals surface area contributed by atoms with Crippen molar-refractivity contribution in [3.05, 3.63) is 71.8 Å². The Morgan fingerprint density at radius 3 is 1.68 bits per heavy atom. The standard InChI is InChI=1S/C21H26N2O2/c1-4-23(5-2)19(24)16-22(3)21(25)20(17-12-8-6-9-13-17)18-14-10-7-11-15-18/h6-15,20H,4-5,16H2,1-3H3. The van der Waals surface area contributed by atoms with Crippen LogP contribution in [0.1, 0.15) is 30.9 Å². The smallest absolute Gasteiger partial charge is 0.242 e. The SMILES string of the molecule is CCN(CC)C(=O)CN(C)C(=O)C(c1ccccc1)c1ccccc1. The predicted octanol–water partition coefficient (Wildman–Crippen LogP) is 3.15. The van der Waals surface area contributed by atoms with Crippen LogP contribution in [0.3, 0.4) is 0 Å². The molecule has 2 aromatic carbocycles. The quantitative estimate of drug-likeness (QED) is 0.778. The highest BCUT2D eigenvalue weighted by atomic mass is 16.2.